The maximum Gasteiger partial charge on any atom is 0.163 e. The van der Waals surface area contributed by atoms with Crippen LogP contribution < -0.4 is 0 Å². The lowest BCUT2D eigenvalue weighted by molar-refractivity contribution is -0.193. The number of alkyl halides is 1. The molecule has 126 valence electrons. The summed E-state index contributed by atoms with van der Waals surface area (Å²) >= 11 is 2.40. The molecule has 0 unspecified atom stereocenters. The molecule has 3 aliphatic rings. The van der Waals surface area contributed by atoms with Crippen LogP contribution in [0, 0.1) is 5.92 Å². The molecule has 0 N–H and O–H groups in total. The number of rotatable bonds is 3. The molecule has 0 aliphatic carbocycles. The largest absolute Gasteiger partial charge is 0.372 e. The van der Waals surface area contributed by atoms with Crippen LogP contribution in [0.15, 0.2) is 12.2 Å². The Labute approximate surface area is 147 Å². The minimum absolute atomic E-state index is 0.0230. The number of hydrogen-bond donors (Lipinski definition) is 0. The van der Waals surface area contributed by atoms with Crippen molar-refractivity contribution in [1.82, 2.24) is 0 Å². The Hall–Kier alpha value is 0.310. The van der Waals surface area contributed by atoms with Crippen molar-refractivity contribution >= 4 is 22.6 Å². The highest BCUT2D eigenvalue weighted by molar-refractivity contribution is 14.1. The second-order valence-electron chi connectivity index (χ2n) is 7.20. The summed E-state index contributed by atoms with van der Waals surface area (Å²) in [5, 5.41) is 0. The Kier molecular flexibility index (Phi) is 5.20. The van der Waals surface area contributed by atoms with Gasteiger partial charge in [-0.1, -0.05) is 34.7 Å². The van der Waals surface area contributed by atoms with Gasteiger partial charge in [0, 0.05) is 10.3 Å². The van der Waals surface area contributed by atoms with Crippen molar-refractivity contribution in [3.63, 3.8) is 0 Å². The lowest BCUT2D eigenvalue weighted by atomic mass is 9.85. The smallest absolute Gasteiger partial charge is 0.163 e. The Morgan fingerprint density at radius 1 is 1.18 bits per heavy atom. The predicted molar refractivity (Wildman–Crippen MR) is 93.3 cm³/mol. The van der Waals surface area contributed by atoms with E-state index in [0.717, 1.165) is 22.8 Å². The summed E-state index contributed by atoms with van der Waals surface area (Å²) in [4.78, 5) is 0. The molecule has 0 spiro atoms. The van der Waals surface area contributed by atoms with Crippen LogP contribution in [-0.2, 0) is 18.9 Å². The van der Waals surface area contributed by atoms with Gasteiger partial charge < -0.3 is 18.9 Å². The maximum absolute atomic E-state index is 6.26. The highest BCUT2D eigenvalue weighted by Crippen LogP contribution is 2.42. The molecule has 3 saturated heterocycles. The number of fused-ring (bicyclic) bond motifs is 1. The first kappa shape index (κ1) is 17.1. The van der Waals surface area contributed by atoms with Crippen molar-refractivity contribution in [2.24, 2.45) is 5.92 Å². The summed E-state index contributed by atoms with van der Waals surface area (Å²) in [7, 11) is 0. The molecule has 22 heavy (non-hydrogen) atoms. The molecule has 3 rings (SSSR count). The molecule has 0 aromatic rings. The van der Waals surface area contributed by atoms with Gasteiger partial charge in [-0.25, -0.2) is 0 Å². The molecular formula is C17H27IO4. The molecule has 0 saturated carbocycles. The number of halogens is 1. The van der Waals surface area contributed by atoms with Crippen molar-refractivity contribution < 1.29 is 18.9 Å². The van der Waals surface area contributed by atoms with Gasteiger partial charge >= 0.3 is 0 Å². The predicted octanol–water partition coefficient (Wildman–Crippen LogP) is 3.47. The standard InChI is InChI=1S/C17H27IO4/c1-10(2)12-9-19-15(13-7-5-6-11(8-18)20-13)16-14(12)21-17(3,4)22-16/h11-16H,1,5-9H2,2-4H3/t11-,12-,13+,14-,15+,16-/m0/s1. The summed E-state index contributed by atoms with van der Waals surface area (Å²) in [6.45, 7) is 10.8. The Bertz CT molecular complexity index is 425. The van der Waals surface area contributed by atoms with Crippen LogP contribution in [0.5, 0.6) is 0 Å². The van der Waals surface area contributed by atoms with E-state index >= 15 is 0 Å². The summed E-state index contributed by atoms with van der Waals surface area (Å²) in [6, 6.07) is 0. The first-order valence-electron chi connectivity index (χ1n) is 8.25. The first-order chi connectivity index (χ1) is 10.4. The van der Waals surface area contributed by atoms with E-state index in [1.165, 1.54) is 6.42 Å². The van der Waals surface area contributed by atoms with E-state index in [0.29, 0.717) is 12.7 Å². The van der Waals surface area contributed by atoms with E-state index in [1.807, 2.05) is 20.8 Å². The Morgan fingerprint density at radius 2 is 1.91 bits per heavy atom. The second kappa shape index (κ2) is 6.67. The molecule has 0 aromatic heterocycles. The highest BCUT2D eigenvalue weighted by Gasteiger charge is 2.54. The van der Waals surface area contributed by atoms with Crippen LogP contribution >= 0.6 is 22.6 Å². The normalized spacial score (nSPS) is 44.5. The lowest BCUT2D eigenvalue weighted by Gasteiger charge is -2.43. The van der Waals surface area contributed by atoms with Crippen molar-refractivity contribution in [1.29, 1.82) is 0 Å². The Morgan fingerprint density at radius 3 is 2.59 bits per heavy atom. The van der Waals surface area contributed by atoms with Crippen molar-refractivity contribution in [3.05, 3.63) is 12.2 Å². The molecule has 0 aromatic carbocycles. The molecule has 4 nitrogen and oxygen atoms in total. The monoisotopic (exact) mass is 422 g/mol. The van der Waals surface area contributed by atoms with E-state index < -0.39 is 5.79 Å². The summed E-state index contributed by atoms with van der Waals surface area (Å²) < 4.78 is 25.9. The van der Waals surface area contributed by atoms with Crippen LogP contribution in [-0.4, -0.2) is 47.3 Å². The van der Waals surface area contributed by atoms with Crippen LogP contribution in [0.25, 0.3) is 0 Å². The van der Waals surface area contributed by atoms with E-state index in [1.54, 1.807) is 0 Å². The SMILES string of the molecule is C=C(C)[C@@H]1CO[C@H]([C@H]2CCC[C@@H](CI)O2)[C@H]2OC(C)(C)O[C@H]21. The van der Waals surface area contributed by atoms with Gasteiger partial charge in [0.15, 0.2) is 5.79 Å². The lowest BCUT2D eigenvalue weighted by Crippen LogP contribution is -2.55. The van der Waals surface area contributed by atoms with Gasteiger partial charge in [0.1, 0.15) is 12.2 Å². The van der Waals surface area contributed by atoms with E-state index in [4.69, 9.17) is 18.9 Å². The molecule has 5 heteroatoms. The summed E-state index contributed by atoms with van der Waals surface area (Å²) in [5.74, 6) is -0.362. The zero-order valence-electron chi connectivity index (χ0n) is 13.7. The van der Waals surface area contributed by atoms with Crippen LogP contribution in [0.4, 0.5) is 0 Å². The van der Waals surface area contributed by atoms with Gasteiger partial charge in [0.25, 0.3) is 0 Å². The van der Waals surface area contributed by atoms with Gasteiger partial charge in [0.05, 0.1) is 24.9 Å². The maximum atomic E-state index is 6.26. The van der Waals surface area contributed by atoms with Crippen molar-refractivity contribution in [2.75, 3.05) is 11.0 Å². The van der Waals surface area contributed by atoms with Crippen LogP contribution in [0.1, 0.15) is 40.0 Å². The topological polar surface area (TPSA) is 36.9 Å². The molecule has 6 atom stereocenters. The average Bonchev–Trinajstić information content (AvgIpc) is 2.80. The fourth-order valence-corrected chi connectivity index (χ4v) is 4.46. The third kappa shape index (κ3) is 3.38. The highest BCUT2D eigenvalue weighted by atomic mass is 127. The quantitative estimate of drug-likeness (QED) is 0.397. The third-order valence-corrected chi connectivity index (χ3v) is 5.89. The van der Waals surface area contributed by atoms with Gasteiger partial charge in [-0.05, 0) is 40.0 Å². The summed E-state index contributed by atoms with van der Waals surface area (Å²) in [6.07, 6.45) is 3.77. The van der Waals surface area contributed by atoms with E-state index in [2.05, 4.69) is 29.2 Å². The molecule has 0 amide bonds. The summed E-state index contributed by atoms with van der Waals surface area (Å²) in [5.41, 5.74) is 1.10. The van der Waals surface area contributed by atoms with Crippen LogP contribution in [0.3, 0.4) is 0 Å². The zero-order chi connectivity index (χ0) is 15.9. The van der Waals surface area contributed by atoms with Gasteiger partial charge in [-0.2, -0.15) is 0 Å². The molecular weight excluding hydrogens is 395 g/mol. The fraction of sp³-hybridized carbons (Fsp3) is 0.882. The fourth-order valence-electron chi connectivity index (χ4n) is 3.81. The zero-order valence-corrected chi connectivity index (χ0v) is 15.9. The second-order valence-corrected chi connectivity index (χ2v) is 8.08. The molecule has 0 radical (unpaired) electrons. The first-order valence-corrected chi connectivity index (χ1v) is 9.78. The number of hydrogen-bond acceptors (Lipinski definition) is 4. The molecule has 0 bridgehead atoms. The van der Waals surface area contributed by atoms with Crippen molar-refractivity contribution in [2.45, 2.75) is 76.3 Å². The van der Waals surface area contributed by atoms with Gasteiger partial charge in [0.2, 0.25) is 0 Å². The van der Waals surface area contributed by atoms with E-state index in [-0.39, 0.29) is 30.3 Å². The molecule has 3 fully saturated rings. The molecule has 3 heterocycles. The average molecular weight is 422 g/mol. The van der Waals surface area contributed by atoms with Gasteiger partial charge in [-0.15, -0.1) is 0 Å². The van der Waals surface area contributed by atoms with Crippen LogP contribution in [0.2, 0.25) is 0 Å². The Balaban J connectivity index is 1.77. The minimum Gasteiger partial charge on any atom is -0.372 e. The van der Waals surface area contributed by atoms with E-state index in [9.17, 15) is 0 Å². The van der Waals surface area contributed by atoms with Gasteiger partial charge in [-0.3, -0.25) is 0 Å². The third-order valence-electron chi connectivity index (χ3n) is 4.91. The van der Waals surface area contributed by atoms with Crippen molar-refractivity contribution in [3.8, 4) is 0 Å². The molecule has 3 aliphatic heterocycles. The minimum atomic E-state index is -0.563. The number of ether oxygens (including phenoxy) is 4.